The van der Waals surface area contributed by atoms with Crippen LogP contribution in [0.15, 0.2) is 48.5 Å². The van der Waals surface area contributed by atoms with Crippen LogP contribution >= 0.6 is 0 Å². The first kappa shape index (κ1) is 15.7. The van der Waals surface area contributed by atoms with Gasteiger partial charge in [-0.1, -0.05) is 29.8 Å². The number of para-hydroxylation sites is 1. The SMILES string of the molecule is Cc1ccc2nc3c(c(N4CCN(c5ccccc5)CC4)c2c1)CCC3. The normalized spacial score (nSPS) is 17.0. The van der Waals surface area contributed by atoms with Gasteiger partial charge in [0.2, 0.25) is 0 Å². The molecule has 2 heterocycles. The van der Waals surface area contributed by atoms with E-state index in [0.29, 0.717) is 0 Å². The molecule has 5 rings (SSSR count). The maximum Gasteiger partial charge on any atom is 0.0726 e. The zero-order valence-corrected chi connectivity index (χ0v) is 15.4. The smallest absolute Gasteiger partial charge is 0.0726 e. The van der Waals surface area contributed by atoms with Crippen molar-refractivity contribution in [2.75, 3.05) is 36.0 Å². The molecular weight excluding hydrogens is 318 g/mol. The Morgan fingerprint density at radius 2 is 1.62 bits per heavy atom. The third-order valence-electron chi connectivity index (χ3n) is 5.85. The Hall–Kier alpha value is -2.55. The van der Waals surface area contributed by atoms with E-state index in [9.17, 15) is 0 Å². The van der Waals surface area contributed by atoms with Crippen molar-refractivity contribution >= 4 is 22.3 Å². The minimum Gasteiger partial charge on any atom is -0.368 e. The molecule has 0 N–H and O–H groups in total. The van der Waals surface area contributed by atoms with E-state index in [1.807, 2.05) is 0 Å². The van der Waals surface area contributed by atoms with Crippen LogP contribution in [0.2, 0.25) is 0 Å². The Morgan fingerprint density at radius 1 is 0.846 bits per heavy atom. The minimum absolute atomic E-state index is 1.08. The Kier molecular flexibility index (Phi) is 3.81. The first-order valence-electron chi connectivity index (χ1n) is 9.77. The quantitative estimate of drug-likeness (QED) is 0.689. The summed E-state index contributed by atoms with van der Waals surface area (Å²) in [4.78, 5) is 10.1. The summed E-state index contributed by atoms with van der Waals surface area (Å²) in [6.45, 7) is 6.50. The van der Waals surface area contributed by atoms with Gasteiger partial charge in [-0.15, -0.1) is 0 Å². The predicted molar refractivity (Wildman–Crippen MR) is 109 cm³/mol. The standard InChI is InChI=1S/C23H25N3/c1-17-10-11-22-20(16-17)23(19-8-5-9-21(19)24-22)26-14-12-25(13-15-26)18-6-3-2-4-7-18/h2-4,6-7,10-11,16H,5,8-9,12-15H2,1H3. The summed E-state index contributed by atoms with van der Waals surface area (Å²) in [5.41, 5.74) is 8.14. The Bertz CT molecular complexity index is 941. The molecule has 1 aliphatic heterocycles. The molecule has 3 aromatic rings. The molecule has 2 aromatic carbocycles. The number of aromatic nitrogens is 1. The summed E-state index contributed by atoms with van der Waals surface area (Å²) in [6, 6.07) is 17.5. The lowest BCUT2D eigenvalue weighted by Gasteiger charge is -2.38. The van der Waals surface area contributed by atoms with Crippen LogP contribution in [-0.2, 0) is 12.8 Å². The maximum atomic E-state index is 4.98. The van der Waals surface area contributed by atoms with Crippen molar-refractivity contribution in [3.63, 3.8) is 0 Å². The third kappa shape index (κ3) is 2.63. The molecule has 3 heteroatoms. The summed E-state index contributed by atoms with van der Waals surface area (Å²) < 4.78 is 0. The van der Waals surface area contributed by atoms with Crippen molar-refractivity contribution in [3.05, 3.63) is 65.4 Å². The molecule has 0 radical (unpaired) electrons. The van der Waals surface area contributed by atoms with Crippen LogP contribution in [0.3, 0.4) is 0 Å². The highest BCUT2D eigenvalue weighted by atomic mass is 15.3. The lowest BCUT2D eigenvalue weighted by Crippen LogP contribution is -2.47. The van der Waals surface area contributed by atoms with Gasteiger partial charge in [0.1, 0.15) is 0 Å². The molecule has 3 nitrogen and oxygen atoms in total. The number of nitrogens with zero attached hydrogens (tertiary/aromatic N) is 3. The Balaban J connectivity index is 1.51. The van der Waals surface area contributed by atoms with E-state index in [2.05, 4.69) is 65.3 Å². The number of rotatable bonds is 2. The molecule has 1 saturated heterocycles. The highest BCUT2D eigenvalue weighted by Gasteiger charge is 2.26. The number of aryl methyl sites for hydroxylation is 2. The molecule has 0 atom stereocenters. The second-order valence-electron chi connectivity index (χ2n) is 7.57. The van der Waals surface area contributed by atoms with E-state index >= 15 is 0 Å². The summed E-state index contributed by atoms with van der Waals surface area (Å²) in [5, 5.41) is 1.35. The molecule has 132 valence electrons. The van der Waals surface area contributed by atoms with E-state index < -0.39 is 0 Å². The second-order valence-corrected chi connectivity index (χ2v) is 7.57. The van der Waals surface area contributed by atoms with Crippen molar-refractivity contribution in [1.82, 2.24) is 4.98 Å². The number of piperazine rings is 1. The summed E-state index contributed by atoms with van der Waals surface area (Å²) in [7, 11) is 0. The molecule has 1 fully saturated rings. The first-order valence-corrected chi connectivity index (χ1v) is 9.77. The molecule has 1 aliphatic carbocycles. The van der Waals surface area contributed by atoms with Gasteiger partial charge in [0.25, 0.3) is 0 Å². The van der Waals surface area contributed by atoms with Crippen LogP contribution in [0.1, 0.15) is 23.2 Å². The average Bonchev–Trinajstić information content (AvgIpc) is 3.15. The monoisotopic (exact) mass is 343 g/mol. The van der Waals surface area contributed by atoms with Gasteiger partial charge in [-0.2, -0.15) is 0 Å². The minimum atomic E-state index is 1.08. The van der Waals surface area contributed by atoms with E-state index in [0.717, 1.165) is 38.1 Å². The van der Waals surface area contributed by atoms with Crippen molar-refractivity contribution < 1.29 is 0 Å². The molecule has 0 saturated carbocycles. The third-order valence-corrected chi connectivity index (χ3v) is 5.85. The topological polar surface area (TPSA) is 19.4 Å². The van der Waals surface area contributed by atoms with Gasteiger partial charge in [-0.25, -0.2) is 0 Å². The van der Waals surface area contributed by atoms with Gasteiger partial charge < -0.3 is 9.80 Å². The fraction of sp³-hybridized carbons (Fsp3) is 0.348. The van der Waals surface area contributed by atoms with Gasteiger partial charge in [0.05, 0.1) is 11.2 Å². The van der Waals surface area contributed by atoms with Crippen LogP contribution in [0.25, 0.3) is 10.9 Å². The highest BCUT2D eigenvalue weighted by Crippen LogP contribution is 2.37. The molecule has 1 aromatic heterocycles. The highest BCUT2D eigenvalue weighted by molar-refractivity contribution is 5.95. The van der Waals surface area contributed by atoms with Crippen molar-refractivity contribution in [2.45, 2.75) is 26.2 Å². The molecule has 0 bridgehead atoms. The maximum absolute atomic E-state index is 4.98. The molecule has 0 spiro atoms. The molecule has 26 heavy (non-hydrogen) atoms. The van der Waals surface area contributed by atoms with Crippen LogP contribution in [-0.4, -0.2) is 31.2 Å². The van der Waals surface area contributed by atoms with Crippen LogP contribution in [0.4, 0.5) is 11.4 Å². The zero-order valence-electron chi connectivity index (χ0n) is 15.4. The van der Waals surface area contributed by atoms with Gasteiger partial charge in [0, 0.05) is 42.9 Å². The van der Waals surface area contributed by atoms with Crippen molar-refractivity contribution in [2.24, 2.45) is 0 Å². The fourth-order valence-corrected chi connectivity index (χ4v) is 4.54. The number of hydrogen-bond acceptors (Lipinski definition) is 3. The second kappa shape index (κ2) is 6.31. The zero-order chi connectivity index (χ0) is 17.5. The predicted octanol–water partition coefficient (Wildman–Crippen LogP) is 4.36. The first-order chi connectivity index (χ1) is 12.8. The molecule has 0 amide bonds. The summed E-state index contributed by atoms with van der Waals surface area (Å²) >= 11 is 0. The molecule has 2 aliphatic rings. The molecule has 0 unspecified atom stereocenters. The van der Waals surface area contributed by atoms with Gasteiger partial charge in [-0.3, -0.25) is 4.98 Å². The number of benzene rings is 2. The fourth-order valence-electron chi connectivity index (χ4n) is 4.54. The largest absolute Gasteiger partial charge is 0.368 e. The number of hydrogen-bond donors (Lipinski definition) is 0. The average molecular weight is 343 g/mol. The summed E-state index contributed by atoms with van der Waals surface area (Å²) in [5.74, 6) is 0. The lowest BCUT2D eigenvalue weighted by atomic mass is 10.0. The van der Waals surface area contributed by atoms with Crippen LogP contribution < -0.4 is 9.80 Å². The van der Waals surface area contributed by atoms with Crippen LogP contribution in [0.5, 0.6) is 0 Å². The Morgan fingerprint density at radius 3 is 2.42 bits per heavy atom. The van der Waals surface area contributed by atoms with E-state index in [1.165, 1.54) is 46.4 Å². The number of anilines is 2. The Labute approximate surface area is 155 Å². The van der Waals surface area contributed by atoms with Gasteiger partial charge in [-0.05, 0) is 56.0 Å². The van der Waals surface area contributed by atoms with Crippen LogP contribution in [0, 0.1) is 6.92 Å². The van der Waals surface area contributed by atoms with Gasteiger partial charge >= 0.3 is 0 Å². The number of fused-ring (bicyclic) bond motifs is 2. The van der Waals surface area contributed by atoms with Crippen molar-refractivity contribution in [1.29, 1.82) is 0 Å². The van der Waals surface area contributed by atoms with E-state index in [-0.39, 0.29) is 0 Å². The number of pyridine rings is 1. The lowest BCUT2D eigenvalue weighted by molar-refractivity contribution is 0.653. The van der Waals surface area contributed by atoms with Gasteiger partial charge in [0.15, 0.2) is 0 Å². The molecular formula is C23H25N3. The summed E-state index contributed by atoms with van der Waals surface area (Å²) in [6.07, 6.45) is 3.56. The van der Waals surface area contributed by atoms with Crippen molar-refractivity contribution in [3.8, 4) is 0 Å². The van der Waals surface area contributed by atoms with E-state index in [1.54, 1.807) is 0 Å². The van der Waals surface area contributed by atoms with E-state index in [4.69, 9.17) is 4.98 Å².